The van der Waals surface area contributed by atoms with Crippen LogP contribution in [0.2, 0.25) is 5.02 Å². The molecule has 0 aliphatic carbocycles. The first-order valence-corrected chi connectivity index (χ1v) is 12.8. The van der Waals surface area contributed by atoms with E-state index in [2.05, 4.69) is 74.1 Å². The number of nitrogens with one attached hydrogen (secondary N) is 1. The molecule has 7 heteroatoms. The molecule has 4 nitrogen and oxygen atoms in total. The van der Waals surface area contributed by atoms with Crippen LogP contribution >= 0.6 is 39.3 Å². The third-order valence-electron chi connectivity index (χ3n) is 5.92. The van der Waals surface area contributed by atoms with Gasteiger partial charge in [0.15, 0.2) is 5.17 Å². The highest BCUT2D eigenvalue weighted by Gasteiger charge is 2.25. The van der Waals surface area contributed by atoms with Gasteiger partial charge in [0.05, 0.1) is 10.6 Å². The summed E-state index contributed by atoms with van der Waals surface area (Å²) in [4.78, 5) is 18.0. The first-order chi connectivity index (χ1) is 16.4. The van der Waals surface area contributed by atoms with Gasteiger partial charge in [-0.2, -0.15) is 0 Å². The first kappa shape index (κ1) is 23.0. The van der Waals surface area contributed by atoms with Gasteiger partial charge in [-0.25, -0.2) is 4.99 Å². The number of para-hydroxylation sites is 1. The predicted molar refractivity (Wildman–Crippen MR) is 147 cm³/mol. The number of amidine groups is 1. The van der Waals surface area contributed by atoms with E-state index in [9.17, 15) is 4.79 Å². The van der Waals surface area contributed by atoms with Gasteiger partial charge in [-0.05, 0) is 73.1 Å². The fourth-order valence-electron chi connectivity index (χ4n) is 4.05. The second-order valence-electron chi connectivity index (χ2n) is 8.09. The highest BCUT2D eigenvalue weighted by Crippen LogP contribution is 2.34. The van der Waals surface area contributed by atoms with Crippen LogP contribution in [-0.2, 0) is 11.3 Å². The van der Waals surface area contributed by atoms with Gasteiger partial charge >= 0.3 is 0 Å². The second-order valence-corrected chi connectivity index (χ2v) is 10.4. The maximum atomic E-state index is 12.8. The minimum absolute atomic E-state index is 0.146. The van der Waals surface area contributed by atoms with E-state index in [1.54, 1.807) is 0 Å². The van der Waals surface area contributed by atoms with Crippen LogP contribution in [0.15, 0.2) is 81.1 Å². The number of carbonyl (C=O) groups excluding carboxylic acids is 1. The summed E-state index contributed by atoms with van der Waals surface area (Å²) in [5.74, 6) is -0.146. The largest absolute Gasteiger partial charge is 0.340 e. The zero-order chi connectivity index (χ0) is 23.8. The number of thioether (sulfide) groups is 1. The molecule has 34 heavy (non-hydrogen) atoms. The summed E-state index contributed by atoms with van der Waals surface area (Å²) in [6, 6.07) is 22.3. The molecule has 1 aromatic heterocycles. The fourth-order valence-corrected chi connectivity index (χ4v) is 5.30. The van der Waals surface area contributed by atoms with Crippen LogP contribution in [0.1, 0.15) is 22.4 Å². The molecule has 2 heterocycles. The molecule has 0 unspecified atom stereocenters. The molecule has 170 valence electrons. The molecule has 3 aromatic carbocycles. The van der Waals surface area contributed by atoms with E-state index >= 15 is 0 Å². The molecule has 1 N–H and O–H groups in total. The van der Waals surface area contributed by atoms with Gasteiger partial charge in [0.2, 0.25) is 0 Å². The van der Waals surface area contributed by atoms with Crippen LogP contribution < -0.4 is 5.32 Å². The highest BCUT2D eigenvalue weighted by atomic mass is 79.9. The molecule has 1 amide bonds. The number of carbonyl (C=O) groups is 1. The van der Waals surface area contributed by atoms with E-state index in [0.717, 1.165) is 44.4 Å². The first-order valence-electron chi connectivity index (χ1n) is 10.8. The molecular weight excluding hydrogens is 530 g/mol. The number of halogens is 2. The zero-order valence-electron chi connectivity index (χ0n) is 18.6. The summed E-state index contributed by atoms with van der Waals surface area (Å²) in [6.07, 6.45) is 1.98. The van der Waals surface area contributed by atoms with Crippen LogP contribution in [0.4, 0.5) is 5.69 Å². The Hall–Kier alpha value is -2.80. The van der Waals surface area contributed by atoms with Crippen molar-refractivity contribution in [1.29, 1.82) is 0 Å². The summed E-state index contributed by atoms with van der Waals surface area (Å²) in [6.45, 7) is 4.78. The number of fused-ring (bicyclic) bond motifs is 1. The monoisotopic (exact) mass is 549 g/mol. The van der Waals surface area contributed by atoms with E-state index in [1.165, 1.54) is 17.3 Å². The standard InChI is InChI=1S/C27H21BrClN3OS/c1-16-22(29)7-5-8-23(16)30-27-31-26(33)25(34-27)14-21-17(2)32(24-9-4-3-6-20(21)24)15-18-10-12-19(28)13-11-18/h3-14H,15H2,1-2H3,(H,30,31,33)/b25-14+. The number of hydrogen-bond donors (Lipinski definition) is 1. The lowest BCUT2D eigenvalue weighted by Crippen LogP contribution is -2.19. The molecule has 0 spiro atoms. The lowest BCUT2D eigenvalue weighted by Gasteiger charge is -2.09. The molecule has 0 bridgehead atoms. The molecule has 4 aromatic rings. The van der Waals surface area contributed by atoms with Crippen LogP contribution in [0.5, 0.6) is 0 Å². The zero-order valence-corrected chi connectivity index (χ0v) is 21.8. The number of nitrogens with zero attached hydrogens (tertiary/aromatic N) is 2. The second kappa shape index (κ2) is 9.45. The predicted octanol–water partition coefficient (Wildman–Crippen LogP) is 7.61. The van der Waals surface area contributed by atoms with E-state index in [0.29, 0.717) is 15.1 Å². The SMILES string of the molecule is Cc1c(Cl)cccc1N=C1NC(=O)/C(=C\c2c(C)n(Cc3ccc(Br)cc3)c3ccccc23)S1. The lowest BCUT2D eigenvalue weighted by atomic mass is 10.1. The Balaban J connectivity index is 1.52. The van der Waals surface area contributed by atoms with Crippen molar-refractivity contribution in [1.82, 2.24) is 9.88 Å². The van der Waals surface area contributed by atoms with Gasteiger partial charge in [-0.15, -0.1) is 0 Å². The van der Waals surface area contributed by atoms with Gasteiger partial charge in [-0.3, -0.25) is 4.79 Å². The lowest BCUT2D eigenvalue weighted by molar-refractivity contribution is -0.115. The number of amides is 1. The summed E-state index contributed by atoms with van der Waals surface area (Å²) in [5, 5.41) is 5.22. The topological polar surface area (TPSA) is 46.4 Å². The minimum atomic E-state index is -0.146. The van der Waals surface area contributed by atoms with Crippen molar-refractivity contribution in [3.8, 4) is 0 Å². The van der Waals surface area contributed by atoms with Crippen molar-refractivity contribution < 1.29 is 4.79 Å². The third kappa shape index (κ3) is 4.45. The molecule has 1 aliphatic heterocycles. The average Bonchev–Trinajstić information content (AvgIpc) is 3.30. The Morgan fingerprint density at radius 1 is 1.06 bits per heavy atom. The smallest absolute Gasteiger partial charge is 0.264 e. The van der Waals surface area contributed by atoms with Crippen LogP contribution in [0, 0.1) is 13.8 Å². The van der Waals surface area contributed by atoms with E-state index in [-0.39, 0.29) is 5.91 Å². The molecule has 1 aliphatic rings. The van der Waals surface area contributed by atoms with Crippen molar-refractivity contribution >= 4 is 73.0 Å². The number of aliphatic imine (C=N–C) groups is 1. The summed E-state index contributed by atoms with van der Waals surface area (Å²) in [5.41, 5.74) is 6.15. The Kier molecular flexibility index (Phi) is 6.38. The van der Waals surface area contributed by atoms with Crippen molar-refractivity contribution in [2.75, 3.05) is 0 Å². The Bertz CT molecular complexity index is 1490. The Morgan fingerprint density at radius 3 is 2.62 bits per heavy atom. The number of aromatic nitrogens is 1. The maximum absolute atomic E-state index is 12.8. The van der Waals surface area contributed by atoms with Crippen molar-refractivity contribution in [3.05, 3.63) is 104 Å². The Morgan fingerprint density at radius 2 is 1.82 bits per heavy atom. The van der Waals surface area contributed by atoms with Gasteiger partial charge < -0.3 is 9.88 Å². The average molecular weight is 551 g/mol. The Labute approximate surface area is 215 Å². The summed E-state index contributed by atoms with van der Waals surface area (Å²) >= 11 is 11.1. The van der Waals surface area contributed by atoms with Crippen LogP contribution in [0.3, 0.4) is 0 Å². The molecule has 0 atom stereocenters. The van der Waals surface area contributed by atoms with Crippen molar-refractivity contribution in [2.45, 2.75) is 20.4 Å². The van der Waals surface area contributed by atoms with Crippen molar-refractivity contribution in [2.24, 2.45) is 4.99 Å². The molecular formula is C27H21BrClN3OS. The number of benzene rings is 3. The minimum Gasteiger partial charge on any atom is -0.340 e. The van der Waals surface area contributed by atoms with Gasteiger partial charge in [0, 0.05) is 38.2 Å². The van der Waals surface area contributed by atoms with Gasteiger partial charge in [-0.1, -0.05) is 63.9 Å². The van der Waals surface area contributed by atoms with Crippen molar-refractivity contribution in [3.63, 3.8) is 0 Å². The van der Waals surface area contributed by atoms with Crippen LogP contribution in [-0.4, -0.2) is 15.6 Å². The maximum Gasteiger partial charge on any atom is 0.264 e. The molecule has 1 saturated heterocycles. The summed E-state index contributed by atoms with van der Waals surface area (Å²) < 4.78 is 3.36. The number of rotatable bonds is 4. The van der Waals surface area contributed by atoms with E-state index < -0.39 is 0 Å². The van der Waals surface area contributed by atoms with E-state index in [4.69, 9.17) is 11.6 Å². The summed E-state index contributed by atoms with van der Waals surface area (Å²) in [7, 11) is 0. The van der Waals surface area contributed by atoms with Gasteiger partial charge in [0.1, 0.15) is 0 Å². The normalized spacial score (nSPS) is 16.1. The van der Waals surface area contributed by atoms with Crippen LogP contribution in [0.25, 0.3) is 17.0 Å². The molecule has 1 fully saturated rings. The highest BCUT2D eigenvalue weighted by molar-refractivity contribution is 9.10. The quantitative estimate of drug-likeness (QED) is 0.266. The van der Waals surface area contributed by atoms with E-state index in [1.807, 2.05) is 43.3 Å². The molecule has 0 saturated carbocycles. The molecule has 0 radical (unpaired) electrons. The fraction of sp³-hybridized carbons (Fsp3) is 0.111. The number of hydrogen-bond acceptors (Lipinski definition) is 3. The third-order valence-corrected chi connectivity index (χ3v) is 7.77. The molecule has 5 rings (SSSR count). The van der Waals surface area contributed by atoms with Gasteiger partial charge in [0.25, 0.3) is 5.91 Å².